The Balaban J connectivity index is 1.45. The third-order valence-electron chi connectivity index (χ3n) is 4.85. The Bertz CT molecular complexity index is 959. The van der Waals surface area contributed by atoms with Gasteiger partial charge in [0, 0.05) is 38.4 Å². The molecule has 1 heterocycles. The predicted molar refractivity (Wildman–Crippen MR) is 106 cm³/mol. The lowest BCUT2D eigenvalue weighted by molar-refractivity contribution is -0.117. The van der Waals surface area contributed by atoms with Crippen molar-refractivity contribution in [3.05, 3.63) is 59.9 Å². The molecule has 0 atom stereocenters. The fraction of sp³-hybridized carbons (Fsp3) is 0.350. The van der Waals surface area contributed by atoms with Crippen LogP contribution in [-0.4, -0.2) is 62.6 Å². The van der Waals surface area contributed by atoms with E-state index in [0.29, 0.717) is 38.4 Å². The first-order valence-corrected chi connectivity index (χ1v) is 10.9. The third kappa shape index (κ3) is 5.80. The van der Waals surface area contributed by atoms with Crippen molar-refractivity contribution in [1.82, 2.24) is 9.80 Å². The molecule has 0 saturated carbocycles. The Labute approximate surface area is 173 Å². The summed E-state index contributed by atoms with van der Waals surface area (Å²) in [5.74, 6) is -3.98. The van der Waals surface area contributed by atoms with Crippen LogP contribution in [0.2, 0.25) is 0 Å². The second-order valence-electron chi connectivity index (χ2n) is 7.06. The molecule has 0 radical (unpaired) electrons. The topological polar surface area (TPSA) is 69.7 Å². The monoisotopic (exact) mass is 441 g/mol. The van der Waals surface area contributed by atoms with Crippen molar-refractivity contribution < 1.29 is 26.4 Å². The second kappa shape index (κ2) is 9.59. The molecule has 2 aromatic rings. The molecule has 1 saturated heterocycles. The Kier molecular flexibility index (Phi) is 7.11. The van der Waals surface area contributed by atoms with E-state index in [0.717, 1.165) is 5.56 Å². The van der Waals surface area contributed by atoms with Gasteiger partial charge in [-0.1, -0.05) is 12.1 Å². The highest BCUT2D eigenvalue weighted by molar-refractivity contribution is 7.91. The van der Waals surface area contributed by atoms with Crippen LogP contribution in [0.25, 0.3) is 0 Å². The van der Waals surface area contributed by atoms with Crippen LogP contribution in [0.5, 0.6) is 0 Å². The van der Waals surface area contributed by atoms with Gasteiger partial charge in [-0.15, -0.1) is 0 Å². The van der Waals surface area contributed by atoms with E-state index in [9.17, 15) is 26.4 Å². The van der Waals surface area contributed by atoms with Gasteiger partial charge in [0.05, 0.1) is 11.4 Å². The van der Waals surface area contributed by atoms with Crippen LogP contribution in [0.3, 0.4) is 0 Å². The number of carbonyl (C=O) groups excluding carboxylic acids is 1. The lowest BCUT2D eigenvalue weighted by Crippen LogP contribution is -2.48. The summed E-state index contributed by atoms with van der Waals surface area (Å²) in [6.45, 7) is 3.56. The van der Waals surface area contributed by atoms with Gasteiger partial charge in [-0.05, 0) is 42.0 Å². The molecule has 0 unspecified atom stereocenters. The van der Waals surface area contributed by atoms with E-state index in [1.807, 2.05) is 4.90 Å². The summed E-state index contributed by atoms with van der Waals surface area (Å²) in [6.07, 6.45) is 0. The Morgan fingerprint density at radius 1 is 0.933 bits per heavy atom. The van der Waals surface area contributed by atoms with Crippen LogP contribution in [0.4, 0.5) is 18.9 Å². The quantitative estimate of drug-likeness (QED) is 0.715. The van der Waals surface area contributed by atoms with E-state index in [1.165, 1.54) is 48.5 Å². The fourth-order valence-electron chi connectivity index (χ4n) is 3.19. The molecule has 1 N–H and O–H groups in total. The number of nitrogens with one attached hydrogen (secondary N) is 1. The second-order valence-corrected chi connectivity index (χ2v) is 8.97. The van der Waals surface area contributed by atoms with Gasteiger partial charge in [0.25, 0.3) is 0 Å². The molecular weight excluding hydrogens is 419 g/mol. The maximum absolute atomic E-state index is 12.9. The third-order valence-corrected chi connectivity index (χ3v) is 6.25. The van der Waals surface area contributed by atoms with Crippen LogP contribution >= 0.6 is 0 Å². The maximum atomic E-state index is 12.9. The number of sulfone groups is 1. The van der Waals surface area contributed by atoms with Crippen LogP contribution in [0, 0.1) is 5.82 Å². The van der Waals surface area contributed by atoms with Gasteiger partial charge in [0.2, 0.25) is 15.7 Å². The molecule has 0 spiro atoms. The summed E-state index contributed by atoms with van der Waals surface area (Å²) in [4.78, 5) is 15.9. The average molecular weight is 441 g/mol. The average Bonchev–Trinajstić information content (AvgIpc) is 2.71. The van der Waals surface area contributed by atoms with Crippen molar-refractivity contribution >= 4 is 21.4 Å². The van der Waals surface area contributed by atoms with Gasteiger partial charge in [-0.3, -0.25) is 14.6 Å². The molecule has 0 bridgehead atoms. The summed E-state index contributed by atoms with van der Waals surface area (Å²) in [6, 6.07) is 11.1. The Hall–Kier alpha value is -2.43. The van der Waals surface area contributed by atoms with E-state index in [1.54, 1.807) is 0 Å². The molecule has 10 heteroatoms. The van der Waals surface area contributed by atoms with E-state index in [4.69, 9.17) is 0 Å². The summed E-state index contributed by atoms with van der Waals surface area (Å²) in [5.41, 5.74) is 1.36. The molecule has 162 valence electrons. The molecular formula is C20H22F3N3O3S. The fourth-order valence-corrected chi connectivity index (χ4v) is 3.91. The van der Waals surface area contributed by atoms with Gasteiger partial charge in [-0.2, -0.15) is 8.78 Å². The van der Waals surface area contributed by atoms with Crippen LogP contribution in [0.1, 0.15) is 5.56 Å². The molecule has 1 amide bonds. The lowest BCUT2D eigenvalue weighted by Gasteiger charge is -2.34. The minimum absolute atomic E-state index is 0.175. The Morgan fingerprint density at radius 2 is 1.50 bits per heavy atom. The largest absolute Gasteiger partial charge is 0.341 e. The number of amides is 1. The van der Waals surface area contributed by atoms with Crippen LogP contribution < -0.4 is 5.32 Å². The molecule has 30 heavy (non-hydrogen) atoms. The predicted octanol–water partition coefficient (Wildman–Crippen LogP) is 2.58. The summed E-state index contributed by atoms with van der Waals surface area (Å²) >= 11 is 0. The summed E-state index contributed by atoms with van der Waals surface area (Å²) in [7, 11) is -4.58. The number of anilines is 1. The standard InChI is InChI=1S/C20H22F3N3O3S/c21-16-3-5-17(6-4-16)24-19(27)14-26-11-9-25(10-12-26)13-15-1-7-18(8-2-15)30(28,29)20(22)23/h1-8,20H,9-14H2,(H,24,27). The summed E-state index contributed by atoms with van der Waals surface area (Å²) < 4.78 is 61.0. The number of hydrogen-bond acceptors (Lipinski definition) is 5. The van der Waals surface area contributed by atoms with Crippen molar-refractivity contribution in [1.29, 1.82) is 0 Å². The molecule has 3 rings (SSSR count). The molecule has 1 aliphatic rings. The number of hydrogen-bond donors (Lipinski definition) is 1. The molecule has 2 aromatic carbocycles. The highest BCUT2D eigenvalue weighted by Crippen LogP contribution is 2.19. The number of halogens is 3. The van der Waals surface area contributed by atoms with E-state index in [2.05, 4.69) is 10.2 Å². The molecule has 6 nitrogen and oxygen atoms in total. The van der Waals surface area contributed by atoms with Gasteiger partial charge >= 0.3 is 5.76 Å². The van der Waals surface area contributed by atoms with Crippen molar-refractivity contribution in [3.8, 4) is 0 Å². The van der Waals surface area contributed by atoms with Gasteiger partial charge in [-0.25, -0.2) is 12.8 Å². The smallest absolute Gasteiger partial charge is 0.325 e. The summed E-state index contributed by atoms with van der Waals surface area (Å²) in [5, 5.41) is 2.73. The minimum Gasteiger partial charge on any atom is -0.325 e. The van der Waals surface area contributed by atoms with Gasteiger partial charge in [0.15, 0.2) is 0 Å². The first-order valence-electron chi connectivity index (χ1n) is 9.35. The molecule has 1 aliphatic heterocycles. The van der Waals surface area contributed by atoms with Crippen molar-refractivity contribution in [2.45, 2.75) is 17.2 Å². The number of rotatable bonds is 7. The number of carbonyl (C=O) groups is 1. The molecule has 0 aliphatic carbocycles. The number of piperazine rings is 1. The Morgan fingerprint density at radius 3 is 2.07 bits per heavy atom. The number of nitrogens with zero attached hydrogens (tertiary/aromatic N) is 2. The van der Waals surface area contributed by atoms with Gasteiger partial charge in [0.1, 0.15) is 5.82 Å². The minimum atomic E-state index is -4.58. The zero-order valence-electron chi connectivity index (χ0n) is 16.1. The number of alkyl halides is 2. The van der Waals surface area contributed by atoms with E-state index < -0.39 is 20.5 Å². The number of benzene rings is 2. The molecule has 0 aromatic heterocycles. The first kappa shape index (κ1) is 22.3. The normalized spacial score (nSPS) is 16.0. The van der Waals surface area contributed by atoms with Crippen LogP contribution in [0.15, 0.2) is 53.4 Å². The van der Waals surface area contributed by atoms with Crippen molar-refractivity contribution in [3.63, 3.8) is 0 Å². The lowest BCUT2D eigenvalue weighted by atomic mass is 10.2. The highest BCUT2D eigenvalue weighted by Gasteiger charge is 2.26. The van der Waals surface area contributed by atoms with Crippen LogP contribution in [-0.2, 0) is 21.2 Å². The SMILES string of the molecule is O=C(CN1CCN(Cc2ccc(S(=O)(=O)C(F)F)cc2)CC1)Nc1ccc(F)cc1. The van der Waals surface area contributed by atoms with Gasteiger partial charge < -0.3 is 5.32 Å². The zero-order valence-corrected chi connectivity index (χ0v) is 16.9. The highest BCUT2D eigenvalue weighted by atomic mass is 32.2. The zero-order chi connectivity index (χ0) is 21.7. The molecule has 1 fully saturated rings. The van der Waals surface area contributed by atoms with Crippen molar-refractivity contribution in [2.75, 3.05) is 38.0 Å². The van der Waals surface area contributed by atoms with Crippen molar-refractivity contribution in [2.24, 2.45) is 0 Å². The first-order chi connectivity index (χ1) is 14.2. The van der Waals surface area contributed by atoms with E-state index in [-0.39, 0.29) is 18.3 Å². The maximum Gasteiger partial charge on any atom is 0.341 e. The van der Waals surface area contributed by atoms with E-state index >= 15 is 0 Å².